The topological polar surface area (TPSA) is 51.2 Å². The van der Waals surface area contributed by atoms with E-state index in [0.29, 0.717) is 5.13 Å². The van der Waals surface area contributed by atoms with Crippen molar-refractivity contribution in [3.63, 3.8) is 0 Å². The second-order valence-corrected chi connectivity index (χ2v) is 5.45. The Labute approximate surface area is 121 Å². The highest BCUT2D eigenvalue weighted by atomic mass is 79.9. The van der Waals surface area contributed by atoms with Gasteiger partial charge < -0.3 is 10.1 Å². The van der Waals surface area contributed by atoms with Gasteiger partial charge in [-0.1, -0.05) is 35.1 Å². The summed E-state index contributed by atoms with van der Waals surface area (Å²) in [5.74, 6) is -0.488. The Kier molecular flexibility index (Phi) is 4.21. The molecule has 18 heavy (non-hydrogen) atoms. The van der Waals surface area contributed by atoms with Crippen molar-refractivity contribution in [2.45, 2.75) is 0 Å². The molecule has 0 bridgehead atoms. The highest BCUT2D eigenvalue weighted by Crippen LogP contribution is 2.31. The third-order valence-corrected chi connectivity index (χ3v) is 4.10. The molecule has 0 fully saturated rings. The molecule has 2 aromatic rings. The van der Waals surface area contributed by atoms with Crippen LogP contribution in [0.2, 0.25) is 5.15 Å². The fourth-order valence-electron chi connectivity index (χ4n) is 1.25. The van der Waals surface area contributed by atoms with Crippen LogP contribution in [-0.4, -0.2) is 18.1 Å². The maximum Gasteiger partial charge on any atom is 0.351 e. The summed E-state index contributed by atoms with van der Waals surface area (Å²) in [4.78, 5) is 15.7. The Morgan fingerprint density at radius 3 is 2.89 bits per heavy atom. The third-order valence-electron chi connectivity index (χ3n) is 2.07. The number of esters is 1. The van der Waals surface area contributed by atoms with Crippen molar-refractivity contribution >= 4 is 55.7 Å². The number of aromatic nitrogens is 1. The molecular weight excluding hydrogens is 340 g/mol. The molecule has 0 aliphatic heterocycles. The monoisotopic (exact) mass is 346 g/mol. The number of halogens is 2. The molecule has 1 aromatic heterocycles. The van der Waals surface area contributed by atoms with Gasteiger partial charge in [0.15, 0.2) is 15.2 Å². The summed E-state index contributed by atoms with van der Waals surface area (Å²) >= 11 is 10.4. The molecule has 0 unspecified atom stereocenters. The van der Waals surface area contributed by atoms with Gasteiger partial charge in [-0.15, -0.1) is 0 Å². The van der Waals surface area contributed by atoms with E-state index in [1.807, 2.05) is 24.3 Å². The predicted octanol–water partition coefficient (Wildman–Crippen LogP) is 4.09. The molecule has 0 amide bonds. The van der Waals surface area contributed by atoms with E-state index in [4.69, 9.17) is 11.6 Å². The van der Waals surface area contributed by atoms with Gasteiger partial charge in [-0.3, -0.25) is 0 Å². The normalized spacial score (nSPS) is 10.2. The number of hydrogen-bond acceptors (Lipinski definition) is 5. The molecule has 0 aliphatic rings. The first kappa shape index (κ1) is 13.3. The number of nitrogens with zero attached hydrogens (tertiary/aromatic N) is 1. The van der Waals surface area contributed by atoms with Crippen molar-refractivity contribution in [3.8, 4) is 0 Å². The Bertz CT molecular complexity index is 588. The predicted molar refractivity (Wildman–Crippen MR) is 75.9 cm³/mol. The molecule has 1 heterocycles. The minimum absolute atomic E-state index is 0.140. The molecule has 94 valence electrons. The first-order valence-electron chi connectivity index (χ1n) is 4.88. The minimum atomic E-state index is -0.488. The minimum Gasteiger partial charge on any atom is -0.465 e. The Morgan fingerprint density at radius 2 is 2.22 bits per heavy atom. The smallest absolute Gasteiger partial charge is 0.351 e. The van der Waals surface area contributed by atoms with Crippen molar-refractivity contribution in [2.75, 3.05) is 12.4 Å². The number of nitrogens with one attached hydrogen (secondary N) is 1. The first-order chi connectivity index (χ1) is 8.61. The number of para-hydroxylation sites is 1. The van der Waals surface area contributed by atoms with E-state index in [-0.39, 0.29) is 10.0 Å². The lowest BCUT2D eigenvalue weighted by molar-refractivity contribution is 0.0606. The van der Waals surface area contributed by atoms with Crippen LogP contribution < -0.4 is 5.32 Å². The zero-order chi connectivity index (χ0) is 13.1. The van der Waals surface area contributed by atoms with Crippen molar-refractivity contribution in [1.82, 2.24) is 4.98 Å². The van der Waals surface area contributed by atoms with Gasteiger partial charge in [0.05, 0.1) is 12.8 Å². The van der Waals surface area contributed by atoms with Crippen molar-refractivity contribution in [3.05, 3.63) is 38.8 Å². The molecule has 0 radical (unpaired) electrons. The molecular formula is C11H8BrClN2O2S. The molecule has 1 aromatic carbocycles. The summed E-state index contributed by atoms with van der Waals surface area (Å²) in [6.45, 7) is 0. The summed E-state index contributed by atoms with van der Waals surface area (Å²) in [5.41, 5.74) is 0.847. The fraction of sp³-hybridized carbons (Fsp3) is 0.0909. The lowest BCUT2D eigenvalue weighted by Gasteiger charge is -2.03. The Morgan fingerprint density at radius 1 is 1.50 bits per heavy atom. The van der Waals surface area contributed by atoms with Crippen molar-refractivity contribution in [1.29, 1.82) is 0 Å². The van der Waals surface area contributed by atoms with Gasteiger partial charge in [0, 0.05) is 4.47 Å². The average molecular weight is 348 g/mol. The van der Waals surface area contributed by atoms with Gasteiger partial charge in [-0.2, -0.15) is 0 Å². The lowest BCUT2D eigenvalue weighted by Crippen LogP contribution is -1.98. The molecule has 1 N–H and O–H groups in total. The quantitative estimate of drug-likeness (QED) is 0.850. The number of benzene rings is 1. The van der Waals surface area contributed by atoms with E-state index in [2.05, 4.69) is 31.0 Å². The Balaban J connectivity index is 2.26. The zero-order valence-electron chi connectivity index (χ0n) is 9.24. The summed E-state index contributed by atoms with van der Waals surface area (Å²) in [5, 5.41) is 3.76. The molecule has 0 atom stereocenters. The van der Waals surface area contributed by atoms with Gasteiger partial charge in [0.25, 0.3) is 0 Å². The summed E-state index contributed by atoms with van der Waals surface area (Å²) < 4.78 is 5.51. The van der Waals surface area contributed by atoms with Gasteiger partial charge in [-0.25, -0.2) is 9.78 Å². The molecule has 0 aliphatic carbocycles. The second kappa shape index (κ2) is 5.69. The van der Waals surface area contributed by atoms with Crippen LogP contribution in [0.15, 0.2) is 28.7 Å². The number of carbonyl (C=O) groups excluding carboxylic acids is 1. The summed E-state index contributed by atoms with van der Waals surface area (Å²) in [7, 11) is 1.30. The van der Waals surface area contributed by atoms with E-state index in [1.54, 1.807) is 0 Å². The van der Waals surface area contributed by atoms with Crippen LogP contribution in [0.1, 0.15) is 9.67 Å². The highest BCUT2D eigenvalue weighted by molar-refractivity contribution is 9.10. The van der Waals surface area contributed by atoms with Crippen molar-refractivity contribution < 1.29 is 9.53 Å². The van der Waals surface area contributed by atoms with Gasteiger partial charge >= 0.3 is 5.97 Å². The van der Waals surface area contributed by atoms with Crippen LogP contribution in [0.4, 0.5) is 10.8 Å². The van der Waals surface area contributed by atoms with E-state index < -0.39 is 5.97 Å². The number of anilines is 2. The van der Waals surface area contributed by atoms with Crippen molar-refractivity contribution in [2.24, 2.45) is 0 Å². The van der Waals surface area contributed by atoms with Gasteiger partial charge in [0.1, 0.15) is 0 Å². The van der Waals surface area contributed by atoms with Crippen LogP contribution in [0, 0.1) is 0 Å². The largest absolute Gasteiger partial charge is 0.465 e. The number of carbonyl (C=O) groups is 1. The number of methoxy groups -OCH3 is 1. The van der Waals surface area contributed by atoms with E-state index in [1.165, 1.54) is 7.11 Å². The number of ether oxygens (including phenoxy) is 1. The molecule has 0 saturated carbocycles. The first-order valence-corrected chi connectivity index (χ1v) is 6.86. The number of hydrogen-bond donors (Lipinski definition) is 1. The molecule has 7 heteroatoms. The van der Waals surface area contributed by atoms with Gasteiger partial charge in [-0.05, 0) is 28.1 Å². The molecule has 4 nitrogen and oxygen atoms in total. The highest BCUT2D eigenvalue weighted by Gasteiger charge is 2.17. The maximum atomic E-state index is 11.4. The standard InChI is InChI=1S/C11H8BrClN2O2S/c1-17-10(16)8-9(13)15-11(18-8)14-7-5-3-2-4-6(7)12/h2-5H,1H3,(H,14,15). The lowest BCUT2D eigenvalue weighted by atomic mass is 10.3. The Hall–Kier alpha value is -1.11. The summed E-state index contributed by atoms with van der Waals surface area (Å²) in [6.07, 6.45) is 0. The molecule has 2 rings (SSSR count). The van der Waals surface area contributed by atoms with Crippen LogP contribution in [0.25, 0.3) is 0 Å². The van der Waals surface area contributed by atoms with Crippen LogP contribution in [0.5, 0.6) is 0 Å². The number of rotatable bonds is 3. The van der Waals surface area contributed by atoms with E-state index in [0.717, 1.165) is 21.5 Å². The summed E-state index contributed by atoms with van der Waals surface area (Å²) in [6, 6.07) is 7.59. The van der Waals surface area contributed by atoms with Gasteiger partial charge in [0.2, 0.25) is 0 Å². The van der Waals surface area contributed by atoms with Crippen LogP contribution >= 0.6 is 38.9 Å². The number of thiazole rings is 1. The van der Waals surface area contributed by atoms with E-state index in [9.17, 15) is 4.79 Å². The maximum absolute atomic E-state index is 11.4. The zero-order valence-corrected chi connectivity index (χ0v) is 12.4. The molecule has 0 spiro atoms. The average Bonchev–Trinajstić information content (AvgIpc) is 2.72. The van der Waals surface area contributed by atoms with E-state index >= 15 is 0 Å². The molecule has 0 saturated heterocycles. The SMILES string of the molecule is COC(=O)c1sc(Nc2ccccc2Br)nc1Cl. The van der Waals surface area contributed by atoms with Crippen LogP contribution in [-0.2, 0) is 4.74 Å². The third kappa shape index (κ3) is 2.82. The second-order valence-electron chi connectivity index (χ2n) is 3.24. The van der Waals surface area contributed by atoms with Crippen LogP contribution in [0.3, 0.4) is 0 Å². The fourth-order valence-corrected chi connectivity index (χ4v) is 2.75.